The van der Waals surface area contributed by atoms with Gasteiger partial charge in [-0.2, -0.15) is 0 Å². The molecule has 2 aliphatic rings. The van der Waals surface area contributed by atoms with Gasteiger partial charge in [0.1, 0.15) is 23.0 Å². The number of ether oxygens (including phenoxy) is 2. The molecule has 0 aromatic heterocycles. The third-order valence-electron chi connectivity index (χ3n) is 4.85. The Bertz CT molecular complexity index is 851. The fraction of sp³-hybridized carbons (Fsp3) is 0.409. The third-order valence-corrected chi connectivity index (χ3v) is 8.92. The minimum atomic E-state index is -0.0658. The van der Waals surface area contributed by atoms with E-state index in [0.717, 1.165) is 51.6 Å². The summed E-state index contributed by atoms with van der Waals surface area (Å²) in [5.41, 5.74) is 0.729. The Morgan fingerprint density at radius 3 is 2.48 bits per heavy atom. The van der Waals surface area contributed by atoms with Crippen molar-refractivity contribution in [3.8, 4) is 11.5 Å². The molecule has 0 spiro atoms. The number of carbonyl (C=O) groups excluding carboxylic acids is 1. The molecular weight excluding hydrogens is 376 g/mol. The maximum absolute atomic E-state index is 13.5. The summed E-state index contributed by atoms with van der Waals surface area (Å²) in [4.78, 5) is 15.6. The van der Waals surface area contributed by atoms with E-state index in [-0.39, 0.29) is 27.3 Å². The zero-order valence-electron chi connectivity index (χ0n) is 16.0. The van der Waals surface area contributed by atoms with Gasteiger partial charge in [0.25, 0.3) is 0 Å². The Balaban J connectivity index is 1.63. The zero-order chi connectivity index (χ0) is 19.0. The summed E-state index contributed by atoms with van der Waals surface area (Å²) in [6.45, 7) is 8.10. The predicted octanol–water partition coefficient (Wildman–Crippen LogP) is 5.19. The van der Waals surface area contributed by atoms with E-state index in [1.54, 1.807) is 11.8 Å². The van der Waals surface area contributed by atoms with Crippen LogP contribution in [0.15, 0.2) is 52.3 Å². The standard InChI is InChI=1S/C22H25O3S2/c1-22(2,3)21(27-12-10-24-11-13-27)20(23)15-8-9-17-19(14-15)26-18-7-5-4-6-16(18)25-17/h4-9,14,21H,10-13H2,1-3H3/q+1. The van der Waals surface area contributed by atoms with Gasteiger partial charge in [-0.05, 0) is 30.3 Å². The SMILES string of the molecule is CC(C)(C)C(C(=O)c1ccc2c(c1)Sc1ccccc1O2)[S+]1CCOCC1. The number of benzene rings is 2. The minimum absolute atomic E-state index is 0.0289. The number of para-hydroxylation sites is 1. The van der Waals surface area contributed by atoms with Gasteiger partial charge in [0.2, 0.25) is 5.78 Å². The van der Waals surface area contributed by atoms with Crippen LogP contribution >= 0.6 is 11.8 Å². The van der Waals surface area contributed by atoms with E-state index in [4.69, 9.17) is 9.47 Å². The summed E-state index contributed by atoms with van der Waals surface area (Å²) in [6.07, 6.45) is 0. The lowest BCUT2D eigenvalue weighted by Crippen LogP contribution is -2.47. The Hall–Kier alpha value is -1.43. The van der Waals surface area contributed by atoms with Gasteiger partial charge in [-0.3, -0.25) is 4.79 Å². The van der Waals surface area contributed by atoms with Crippen molar-refractivity contribution in [2.75, 3.05) is 24.7 Å². The molecule has 0 N–H and O–H groups in total. The minimum Gasteiger partial charge on any atom is -0.455 e. The number of fused-ring (bicyclic) bond motifs is 2. The van der Waals surface area contributed by atoms with Gasteiger partial charge in [0.15, 0.2) is 5.25 Å². The monoisotopic (exact) mass is 401 g/mol. The molecule has 142 valence electrons. The average molecular weight is 402 g/mol. The van der Waals surface area contributed by atoms with Gasteiger partial charge in [0.05, 0.1) is 23.0 Å². The second kappa shape index (κ2) is 7.53. The number of ketones is 1. The molecule has 0 radical (unpaired) electrons. The molecule has 4 rings (SSSR count). The van der Waals surface area contributed by atoms with E-state index in [9.17, 15) is 4.79 Å². The maximum Gasteiger partial charge on any atom is 0.215 e. The largest absolute Gasteiger partial charge is 0.455 e. The fourth-order valence-electron chi connectivity index (χ4n) is 3.65. The van der Waals surface area contributed by atoms with Gasteiger partial charge in [0, 0.05) is 21.9 Å². The van der Waals surface area contributed by atoms with Crippen LogP contribution in [0, 0.1) is 5.41 Å². The van der Waals surface area contributed by atoms with Gasteiger partial charge in [-0.1, -0.05) is 44.7 Å². The summed E-state index contributed by atoms with van der Waals surface area (Å²) in [5, 5.41) is 0.0289. The Labute approximate surface area is 168 Å². The molecule has 2 aromatic rings. The molecule has 3 nitrogen and oxygen atoms in total. The second-order valence-corrected chi connectivity index (χ2v) is 11.4. The molecule has 1 atom stereocenters. The Morgan fingerprint density at radius 1 is 1.04 bits per heavy atom. The first kappa shape index (κ1) is 18.9. The number of hydrogen-bond donors (Lipinski definition) is 0. The van der Waals surface area contributed by atoms with E-state index in [1.165, 1.54) is 0 Å². The van der Waals surface area contributed by atoms with Crippen molar-refractivity contribution in [3.63, 3.8) is 0 Å². The number of rotatable bonds is 3. The topological polar surface area (TPSA) is 35.5 Å². The van der Waals surface area contributed by atoms with Crippen LogP contribution < -0.4 is 4.74 Å². The average Bonchev–Trinajstić information content (AvgIpc) is 2.65. The maximum atomic E-state index is 13.5. The molecule has 0 amide bonds. The molecule has 5 heteroatoms. The van der Waals surface area contributed by atoms with Crippen molar-refractivity contribution in [3.05, 3.63) is 48.0 Å². The van der Waals surface area contributed by atoms with E-state index in [1.807, 2.05) is 36.4 Å². The molecule has 1 unspecified atom stereocenters. The van der Waals surface area contributed by atoms with Crippen molar-refractivity contribution in [2.45, 2.75) is 35.8 Å². The smallest absolute Gasteiger partial charge is 0.215 e. The van der Waals surface area contributed by atoms with Crippen molar-refractivity contribution in [1.29, 1.82) is 0 Å². The summed E-state index contributed by atoms with van der Waals surface area (Å²) in [5.74, 6) is 3.95. The van der Waals surface area contributed by atoms with Crippen LogP contribution in [-0.2, 0) is 15.6 Å². The molecule has 27 heavy (non-hydrogen) atoms. The summed E-state index contributed by atoms with van der Waals surface area (Å²) >= 11 is 1.67. The number of carbonyl (C=O) groups is 1. The Morgan fingerprint density at radius 2 is 1.74 bits per heavy atom. The van der Waals surface area contributed by atoms with Crippen LogP contribution in [0.1, 0.15) is 31.1 Å². The van der Waals surface area contributed by atoms with Crippen molar-refractivity contribution in [2.24, 2.45) is 5.41 Å². The highest BCUT2D eigenvalue weighted by atomic mass is 32.2. The summed E-state index contributed by atoms with van der Waals surface area (Å²) < 4.78 is 11.5. The van der Waals surface area contributed by atoms with E-state index in [2.05, 4.69) is 26.8 Å². The quantitative estimate of drug-likeness (QED) is 0.447. The van der Waals surface area contributed by atoms with Gasteiger partial charge in [-0.25, -0.2) is 0 Å². The molecule has 0 bridgehead atoms. The predicted molar refractivity (Wildman–Crippen MR) is 113 cm³/mol. The molecule has 1 fully saturated rings. The highest BCUT2D eigenvalue weighted by molar-refractivity contribution is 7.99. The van der Waals surface area contributed by atoms with Crippen LogP contribution in [0.2, 0.25) is 0 Å². The first-order valence-corrected chi connectivity index (χ1v) is 11.7. The highest BCUT2D eigenvalue weighted by Gasteiger charge is 2.46. The first-order chi connectivity index (χ1) is 12.9. The van der Waals surface area contributed by atoms with Crippen LogP contribution in [-0.4, -0.2) is 35.8 Å². The molecular formula is C22H25O3S2+. The van der Waals surface area contributed by atoms with E-state index in [0.29, 0.717) is 0 Å². The lowest BCUT2D eigenvalue weighted by molar-refractivity contribution is 0.0946. The molecule has 2 heterocycles. The van der Waals surface area contributed by atoms with E-state index < -0.39 is 0 Å². The first-order valence-electron chi connectivity index (χ1n) is 9.30. The molecule has 1 saturated heterocycles. The van der Waals surface area contributed by atoms with Crippen LogP contribution in [0.5, 0.6) is 11.5 Å². The zero-order valence-corrected chi connectivity index (χ0v) is 17.6. The van der Waals surface area contributed by atoms with E-state index >= 15 is 0 Å². The fourth-order valence-corrected chi connectivity index (χ4v) is 7.42. The summed E-state index contributed by atoms with van der Waals surface area (Å²) in [7, 11) is 0.0670. The Kier molecular flexibility index (Phi) is 5.28. The van der Waals surface area contributed by atoms with Crippen molar-refractivity contribution < 1.29 is 14.3 Å². The van der Waals surface area contributed by atoms with Crippen molar-refractivity contribution in [1.82, 2.24) is 0 Å². The highest BCUT2D eigenvalue weighted by Crippen LogP contribution is 2.47. The summed E-state index contributed by atoms with van der Waals surface area (Å²) in [6, 6.07) is 13.9. The van der Waals surface area contributed by atoms with Crippen LogP contribution in [0.25, 0.3) is 0 Å². The number of Topliss-reactive ketones (excluding diaryl/α,β-unsaturated/α-hetero) is 1. The number of hydrogen-bond acceptors (Lipinski definition) is 4. The molecule has 2 aromatic carbocycles. The second-order valence-electron chi connectivity index (χ2n) is 7.98. The van der Waals surface area contributed by atoms with Gasteiger partial charge < -0.3 is 9.47 Å². The van der Waals surface area contributed by atoms with Crippen LogP contribution in [0.4, 0.5) is 0 Å². The third kappa shape index (κ3) is 3.91. The molecule has 0 aliphatic carbocycles. The van der Waals surface area contributed by atoms with Crippen LogP contribution in [0.3, 0.4) is 0 Å². The lowest BCUT2D eigenvalue weighted by Gasteiger charge is -2.31. The normalized spacial score (nSPS) is 18.2. The lowest BCUT2D eigenvalue weighted by atomic mass is 9.87. The molecule has 2 aliphatic heterocycles. The van der Waals surface area contributed by atoms with Gasteiger partial charge in [-0.15, -0.1) is 0 Å². The van der Waals surface area contributed by atoms with Gasteiger partial charge >= 0.3 is 0 Å². The van der Waals surface area contributed by atoms with Crippen molar-refractivity contribution >= 4 is 28.4 Å². The molecule has 0 saturated carbocycles.